The highest BCUT2D eigenvalue weighted by Gasteiger charge is 2.29. The molecule has 1 atom stereocenters. The number of benzene rings is 1. The van der Waals surface area contributed by atoms with Gasteiger partial charge in [0.2, 0.25) is 10.0 Å². The van der Waals surface area contributed by atoms with Gasteiger partial charge >= 0.3 is 0 Å². The largest absolute Gasteiger partial charge is 0.355 e. The molecule has 0 radical (unpaired) electrons. The van der Waals surface area contributed by atoms with Crippen LogP contribution in [-0.2, 0) is 16.6 Å². The van der Waals surface area contributed by atoms with Crippen LogP contribution in [0.3, 0.4) is 0 Å². The molecule has 1 heterocycles. The smallest absolute Gasteiger partial charge is 0.240 e. The van der Waals surface area contributed by atoms with Crippen molar-refractivity contribution in [3.63, 3.8) is 0 Å². The third-order valence-corrected chi connectivity index (χ3v) is 7.08. The zero-order valence-electron chi connectivity index (χ0n) is 14.8. The van der Waals surface area contributed by atoms with Gasteiger partial charge in [0.15, 0.2) is 5.96 Å². The van der Waals surface area contributed by atoms with Crippen LogP contribution in [0.25, 0.3) is 0 Å². The first-order valence-electron chi connectivity index (χ1n) is 7.99. The molecule has 0 bridgehead atoms. The predicted molar refractivity (Wildman–Crippen MR) is 116 cm³/mol. The van der Waals surface area contributed by atoms with Crippen LogP contribution in [-0.4, -0.2) is 45.5 Å². The molecule has 1 aliphatic rings. The summed E-state index contributed by atoms with van der Waals surface area (Å²) in [7, 11) is -0.226. The summed E-state index contributed by atoms with van der Waals surface area (Å²) in [6.07, 6.45) is 2.50. The van der Waals surface area contributed by atoms with Crippen molar-refractivity contribution in [1.29, 1.82) is 0 Å². The molecular weight excluding hydrogens is 471 g/mol. The van der Waals surface area contributed by atoms with Crippen molar-refractivity contribution >= 4 is 51.7 Å². The average molecular weight is 498 g/mol. The van der Waals surface area contributed by atoms with Crippen molar-refractivity contribution < 1.29 is 8.42 Å². The second-order valence-corrected chi connectivity index (χ2v) is 9.60. The summed E-state index contributed by atoms with van der Waals surface area (Å²) >= 11 is 2.01. The Bertz CT molecular complexity index is 672. The number of guanidine groups is 1. The molecule has 1 saturated heterocycles. The standard InChI is InChI=1S/C16H26N4O2S2.HI/c1-16(9-4-10-23-16)12-20-15(17-2)19-11-13-5-7-14(8-6-13)24(21,22)18-3;/h5-8,18H,4,9-12H2,1-3H3,(H2,17,19,20);1H. The van der Waals surface area contributed by atoms with Crippen molar-refractivity contribution in [2.75, 3.05) is 26.4 Å². The molecule has 2 rings (SSSR count). The van der Waals surface area contributed by atoms with E-state index in [-0.39, 0.29) is 33.6 Å². The Morgan fingerprint density at radius 1 is 1.28 bits per heavy atom. The first-order chi connectivity index (χ1) is 11.4. The van der Waals surface area contributed by atoms with Crippen LogP contribution in [0.4, 0.5) is 0 Å². The van der Waals surface area contributed by atoms with Crippen LogP contribution >= 0.6 is 35.7 Å². The first-order valence-corrected chi connectivity index (χ1v) is 10.5. The van der Waals surface area contributed by atoms with Crippen molar-refractivity contribution in [2.24, 2.45) is 4.99 Å². The molecule has 1 aromatic rings. The molecule has 0 amide bonds. The lowest BCUT2D eigenvalue weighted by molar-refractivity contribution is 0.584. The number of sulfonamides is 1. The maximum atomic E-state index is 11.7. The number of hydrogen-bond acceptors (Lipinski definition) is 4. The summed E-state index contributed by atoms with van der Waals surface area (Å²) < 4.78 is 26.0. The highest BCUT2D eigenvalue weighted by molar-refractivity contribution is 14.0. The Balaban J connectivity index is 0.00000312. The summed E-state index contributed by atoms with van der Waals surface area (Å²) in [5, 5.41) is 6.64. The van der Waals surface area contributed by atoms with Crippen molar-refractivity contribution in [2.45, 2.75) is 36.0 Å². The van der Waals surface area contributed by atoms with Gasteiger partial charge in [-0.3, -0.25) is 4.99 Å². The van der Waals surface area contributed by atoms with Gasteiger partial charge < -0.3 is 10.6 Å². The summed E-state index contributed by atoms with van der Waals surface area (Å²) in [4.78, 5) is 4.51. The molecule has 0 spiro atoms. The lowest BCUT2D eigenvalue weighted by Crippen LogP contribution is -2.43. The fourth-order valence-corrected chi connectivity index (χ4v) is 4.53. The maximum absolute atomic E-state index is 11.7. The number of rotatable bonds is 6. The van der Waals surface area contributed by atoms with Crippen molar-refractivity contribution in [1.82, 2.24) is 15.4 Å². The molecule has 1 fully saturated rings. The number of halogens is 1. The Morgan fingerprint density at radius 3 is 2.48 bits per heavy atom. The minimum atomic E-state index is -3.38. The Hall–Kier alpha value is -0.520. The number of aliphatic imine (C=N–C) groups is 1. The van der Waals surface area contributed by atoms with E-state index in [2.05, 4.69) is 27.3 Å². The summed E-state index contributed by atoms with van der Waals surface area (Å²) in [6.45, 7) is 3.76. The molecule has 0 aliphatic carbocycles. The molecule has 142 valence electrons. The fraction of sp³-hybridized carbons (Fsp3) is 0.562. The monoisotopic (exact) mass is 498 g/mol. The van der Waals surface area contributed by atoms with Crippen LogP contribution in [0.5, 0.6) is 0 Å². The van der Waals surface area contributed by atoms with Gasteiger partial charge in [-0.15, -0.1) is 24.0 Å². The molecule has 0 aromatic heterocycles. The van der Waals surface area contributed by atoms with E-state index < -0.39 is 10.0 Å². The van der Waals surface area contributed by atoms with E-state index >= 15 is 0 Å². The molecule has 1 unspecified atom stereocenters. The number of nitrogens with one attached hydrogen (secondary N) is 3. The lowest BCUT2D eigenvalue weighted by atomic mass is 10.1. The molecular formula is C16H27IN4O2S2. The highest BCUT2D eigenvalue weighted by atomic mass is 127. The minimum absolute atomic E-state index is 0. The van der Waals surface area contributed by atoms with E-state index in [0.29, 0.717) is 6.54 Å². The molecule has 9 heteroatoms. The average Bonchev–Trinajstić information content (AvgIpc) is 3.02. The third-order valence-electron chi connectivity index (χ3n) is 4.12. The fourth-order valence-electron chi connectivity index (χ4n) is 2.56. The third kappa shape index (κ3) is 6.61. The van der Waals surface area contributed by atoms with Crippen molar-refractivity contribution in [3.05, 3.63) is 29.8 Å². The van der Waals surface area contributed by atoms with E-state index in [9.17, 15) is 8.42 Å². The van der Waals surface area contributed by atoms with Crippen LogP contribution < -0.4 is 15.4 Å². The molecule has 6 nitrogen and oxygen atoms in total. The topological polar surface area (TPSA) is 82.6 Å². The molecule has 25 heavy (non-hydrogen) atoms. The van der Waals surface area contributed by atoms with Gasteiger partial charge in [0.25, 0.3) is 0 Å². The second kappa shape index (κ2) is 9.98. The summed E-state index contributed by atoms with van der Waals surface area (Å²) in [6, 6.07) is 6.82. The van der Waals surface area contributed by atoms with Gasteiger partial charge in [-0.05, 0) is 50.3 Å². The zero-order valence-corrected chi connectivity index (χ0v) is 18.8. The minimum Gasteiger partial charge on any atom is -0.355 e. The molecule has 1 aromatic carbocycles. The van der Waals surface area contributed by atoms with E-state index in [0.717, 1.165) is 18.1 Å². The highest BCUT2D eigenvalue weighted by Crippen LogP contribution is 2.36. The predicted octanol–water partition coefficient (Wildman–Crippen LogP) is 2.16. The Kier molecular flexibility index (Phi) is 8.99. The van der Waals surface area contributed by atoms with Gasteiger partial charge in [-0.1, -0.05) is 12.1 Å². The van der Waals surface area contributed by atoms with Gasteiger partial charge in [0, 0.05) is 24.9 Å². The quantitative estimate of drug-likeness (QED) is 0.318. The van der Waals surface area contributed by atoms with Gasteiger partial charge in [0.1, 0.15) is 0 Å². The van der Waals surface area contributed by atoms with Crippen LogP contribution in [0.2, 0.25) is 0 Å². The SMILES string of the molecule is CN=C(NCc1ccc(S(=O)(=O)NC)cc1)NCC1(C)CCCS1.I. The van der Waals surface area contributed by atoms with Crippen LogP contribution in [0.15, 0.2) is 34.2 Å². The summed E-state index contributed by atoms with van der Waals surface area (Å²) in [5.74, 6) is 1.99. The number of nitrogens with zero attached hydrogens (tertiary/aromatic N) is 1. The summed E-state index contributed by atoms with van der Waals surface area (Å²) in [5.41, 5.74) is 0.995. The number of thioether (sulfide) groups is 1. The Labute approximate surface area is 172 Å². The van der Waals surface area contributed by atoms with E-state index in [1.54, 1.807) is 31.3 Å². The van der Waals surface area contributed by atoms with Gasteiger partial charge in [-0.25, -0.2) is 13.1 Å². The van der Waals surface area contributed by atoms with E-state index in [4.69, 9.17) is 0 Å². The Morgan fingerprint density at radius 2 is 1.96 bits per heavy atom. The normalized spacial score (nSPS) is 20.8. The van der Waals surface area contributed by atoms with Crippen molar-refractivity contribution in [3.8, 4) is 0 Å². The molecule has 1 aliphatic heterocycles. The molecule has 3 N–H and O–H groups in total. The van der Waals surface area contributed by atoms with E-state index in [1.165, 1.54) is 25.6 Å². The molecule has 0 saturated carbocycles. The first kappa shape index (κ1) is 22.5. The van der Waals surface area contributed by atoms with Crippen LogP contribution in [0, 0.1) is 0 Å². The van der Waals surface area contributed by atoms with Crippen LogP contribution in [0.1, 0.15) is 25.3 Å². The number of hydrogen-bond donors (Lipinski definition) is 3. The zero-order chi connectivity index (χ0) is 17.6. The van der Waals surface area contributed by atoms with Gasteiger partial charge in [-0.2, -0.15) is 11.8 Å². The lowest BCUT2D eigenvalue weighted by Gasteiger charge is -2.24. The van der Waals surface area contributed by atoms with Gasteiger partial charge in [0.05, 0.1) is 4.90 Å². The second-order valence-electron chi connectivity index (χ2n) is 6.03. The maximum Gasteiger partial charge on any atom is 0.240 e. The van der Waals surface area contributed by atoms with E-state index in [1.807, 2.05) is 11.8 Å².